The molecule has 0 saturated carbocycles. The number of alkyl halides is 3. The number of hydrogen-bond acceptors (Lipinski definition) is 3. The summed E-state index contributed by atoms with van der Waals surface area (Å²) < 4.78 is 39.2. The Morgan fingerprint density at radius 2 is 1.68 bits per heavy atom. The fourth-order valence-electron chi connectivity index (χ4n) is 2.96. The van der Waals surface area contributed by atoms with Gasteiger partial charge in [0.2, 0.25) is 0 Å². The number of carbonyl (C=O) groups is 1. The van der Waals surface area contributed by atoms with Crippen LogP contribution in [0, 0.1) is 0 Å². The van der Waals surface area contributed by atoms with Crippen molar-refractivity contribution in [3.8, 4) is 0 Å². The topological polar surface area (TPSA) is 20.3 Å². The molecule has 1 fully saturated rings. The molecule has 7 heteroatoms. The van der Waals surface area contributed by atoms with Crippen LogP contribution in [0.1, 0.15) is 11.1 Å². The first-order chi connectivity index (χ1) is 13.3. The number of nitrogens with zero attached hydrogens (tertiary/aromatic N) is 1. The van der Waals surface area contributed by atoms with Gasteiger partial charge in [0.25, 0.3) is 5.91 Å². The van der Waals surface area contributed by atoms with Crippen LogP contribution in [0.2, 0.25) is 0 Å². The van der Waals surface area contributed by atoms with Crippen molar-refractivity contribution < 1.29 is 18.0 Å². The molecular formula is C21H12F3NOS2. The van der Waals surface area contributed by atoms with E-state index >= 15 is 0 Å². The molecule has 0 aromatic heterocycles. The molecule has 2 nitrogen and oxygen atoms in total. The third-order valence-corrected chi connectivity index (χ3v) is 5.60. The standard InChI is InChI=1S/C21H12F3NOS2/c22-21(23,24)16-6-3-7-17(12-16)25-19(26)18(28-20(25)27)11-13-8-9-14-4-1-2-5-15(14)10-13/h1-12H. The zero-order valence-corrected chi connectivity index (χ0v) is 15.9. The smallest absolute Gasteiger partial charge is 0.268 e. The first kappa shape index (κ1) is 18.7. The molecule has 1 heterocycles. The first-order valence-corrected chi connectivity index (χ1v) is 9.49. The number of benzene rings is 3. The summed E-state index contributed by atoms with van der Waals surface area (Å²) in [6.07, 6.45) is -2.78. The predicted molar refractivity (Wildman–Crippen MR) is 111 cm³/mol. The molecule has 0 radical (unpaired) electrons. The lowest BCUT2D eigenvalue weighted by atomic mass is 10.1. The van der Waals surface area contributed by atoms with Crippen molar-refractivity contribution in [3.05, 3.63) is 82.8 Å². The van der Waals surface area contributed by atoms with Gasteiger partial charge in [-0.05, 0) is 46.7 Å². The second-order valence-corrected chi connectivity index (χ2v) is 7.85. The van der Waals surface area contributed by atoms with Crippen molar-refractivity contribution in [2.45, 2.75) is 6.18 Å². The minimum Gasteiger partial charge on any atom is -0.268 e. The average molecular weight is 415 g/mol. The highest BCUT2D eigenvalue weighted by atomic mass is 32.2. The number of halogens is 3. The van der Waals surface area contributed by atoms with Crippen molar-refractivity contribution in [1.29, 1.82) is 0 Å². The van der Waals surface area contributed by atoms with E-state index in [2.05, 4.69) is 0 Å². The molecule has 0 N–H and O–H groups in total. The largest absolute Gasteiger partial charge is 0.416 e. The van der Waals surface area contributed by atoms with Gasteiger partial charge in [0.15, 0.2) is 4.32 Å². The van der Waals surface area contributed by atoms with Crippen molar-refractivity contribution in [2.24, 2.45) is 0 Å². The molecule has 0 spiro atoms. The van der Waals surface area contributed by atoms with E-state index in [4.69, 9.17) is 12.2 Å². The Balaban J connectivity index is 1.68. The van der Waals surface area contributed by atoms with Gasteiger partial charge in [0.05, 0.1) is 16.2 Å². The molecule has 4 rings (SSSR count). The molecule has 1 amide bonds. The Bertz CT molecular complexity index is 1140. The summed E-state index contributed by atoms with van der Waals surface area (Å²) in [6.45, 7) is 0. The monoisotopic (exact) mass is 415 g/mol. The SMILES string of the molecule is O=C1C(=Cc2ccc3ccccc3c2)SC(=S)N1c1cccc(C(F)(F)F)c1. The lowest BCUT2D eigenvalue weighted by Crippen LogP contribution is -2.27. The zero-order chi connectivity index (χ0) is 19.9. The number of thiocarbonyl (C=S) groups is 1. The van der Waals surface area contributed by atoms with Crippen LogP contribution < -0.4 is 4.90 Å². The average Bonchev–Trinajstić information content (AvgIpc) is 2.94. The van der Waals surface area contributed by atoms with E-state index in [1.165, 1.54) is 12.1 Å². The molecule has 140 valence electrons. The summed E-state index contributed by atoms with van der Waals surface area (Å²) in [7, 11) is 0. The molecule has 1 aliphatic heterocycles. The Morgan fingerprint density at radius 3 is 2.43 bits per heavy atom. The highest BCUT2D eigenvalue weighted by molar-refractivity contribution is 8.27. The van der Waals surface area contributed by atoms with E-state index in [1.807, 2.05) is 42.5 Å². The van der Waals surface area contributed by atoms with Crippen molar-refractivity contribution >= 4 is 56.7 Å². The molecule has 1 aliphatic rings. The maximum absolute atomic E-state index is 13.0. The van der Waals surface area contributed by atoms with Gasteiger partial charge in [-0.15, -0.1) is 0 Å². The predicted octanol–water partition coefficient (Wildman–Crippen LogP) is 6.26. The number of rotatable bonds is 2. The third kappa shape index (κ3) is 3.55. The van der Waals surface area contributed by atoms with Gasteiger partial charge < -0.3 is 0 Å². The fourth-order valence-corrected chi connectivity index (χ4v) is 4.26. The number of thioether (sulfide) groups is 1. The van der Waals surface area contributed by atoms with Gasteiger partial charge in [0, 0.05) is 0 Å². The van der Waals surface area contributed by atoms with Crippen molar-refractivity contribution in [1.82, 2.24) is 0 Å². The van der Waals surface area contributed by atoms with Crippen molar-refractivity contribution in [2.75, 3.05) is 4.90 Å². The van der Waals surface area contributed by atoms with Crippen LogP contribution in [0.4, 0.5) is 18.9 Å². The number of carbonyl (C=O) groups excluding carboxylic acids is 1. The lowest BCUT2D eigenvalue weighted by molar-refractivity contribution is -0.137. The maximum atomic E-state index is 13.0. The third-order valence-electron chi connectivity index (χ3n) is 4.30. The highest BCUT2D eigenvalue weighted by Gasteiger charge is 2.36. The molecule has 28 heavy (non-hydrogen) atoms. The summed E-state index contributed by atoms with van der Waals surface area (Å²) in [6, 6.07) is 18.2. The Kier molecular flexibility index (Phi) is 4.72. The molecule has 0 atom stereocenters. The van der Waals surface area contributed by atoms with Crippen LogP contribution in [0.15, 0.2) is 71.6 Å². The summed E-state index contributed by atoms with van der Waals surface area (Å²) in [5.41, 5.74) is 0.111. The van der Waals surface area contributed by atoms with Gasteiger partial charge in [-0.2, -0.15) is 13.2 Å². The van der Waals surface area contributed by atoms with Crippen LogP contribution in [-0.4, -0.2) is 10.2 Å². The maximum Gasteiger partial charge on any atom is 0.416 e. The first-order valence-electron chi connectivity index (χ1n) is 8.27. The minimum absolute atomic E-state index is 0.110. The van der Waals surface area contributed by atoms with Crippen LogP contribution in [0.3, 0.4) is 0 Å². The van der Waals surface area contributed by atoms with Gasteiger partial charge in [-0.1, -0.05) is 66.4 Å². The second kappa shape index (κ2) is 7.07. The van der Waals surface area contributed by atoms with Gasteiger partial charge in [-0.3, -0.25) is 9.69 Å². The molecule has 0 aliphatic carbocycles. The molecule has 0 bridgehead atoms. The van der Waals surface area contributed by atoms with E-state index in [9.17, 15) is 18.0 Å². The van der Waals surface area contributed by atoms with E-state index in [0.717, 1.165) is 45.1 Å². The fraction of sp³-hybridized carbons (Fsp3) is 0.0476. The summed E-state index contributed by atoms with van der Waals surface area (Å²) in [4.78, 5) is 14.3. The van der Waals surface area contributed by atoms with Crippen LogP contribution in [0.5, 0.6) is 0 Å². The number of anilines is 1. The molecule has 3 aromatic rings. The summed E-state index contributed by atoms with van der Waals surface area (Å²) >= 11 is 6.33. The molecular weight excluding hydrogens is 403 g/mol. The van der Waals surface area contributed by atoms with Gasteiger partial charge in [-0.25, -0.2) is 0 Å². The van der Waals surface area contributed by atoms with Crippen LogP contribution >= 0.6 is 24.0 Å². The lowest BCUT2D eigenvalue weighted by Gasteiger charge is -2.16. The number of hydrogen-bond donors (Lipinski definition) is 0. The van der Waals surface area contributed by atoms with E-state index in [-0.39, 0.29) is 10.0 Å². The highest BCUT2D eigenvalue weighted by Crippen LogP contribution is 2.38. The minimum atomic E-state index is -4.49. The zero-order valence-electron chi connectivity index (χ0n) is 14.2. The van der Waals surface area contributed by atoms with Crippen LogP contribution in [0.25, 0.3) is 16.8 Å². The summed E-state index contributed by atoms with van der Waals surface area (Å²) in [5.74, 6) is -0.428. The Morgan fingerprint density at radius 1 is 0.929 bits per heavy atom. The molecule has 0 unspecified atom stereocenters. The Hall–Kier alpha value is -2.64. The number of amides is 1. The molecule has 3 aromatic carbocycles. The van der Waals surface area contributed by atoms with E-state index in [1.54, 1.807) is 6.08 Å². The van der Waals surface area contributed by atoms with Crippen molar-refractivity contribution in [3.63, 3.8) is 0 Å². The molecule has 1 saturated heterocycles. The second-order valence-electron chi connectivity index (χ2n) is 6.17. The normalized spacial score (nSPS) is 16.4. The van der Waals surface area contributed by atoms with E-state index in [0.29, 0.717) is 4.91 Å². The van der Waals surface area contributed by atoms with E-state index < -0.39 is 17.6 Å². The number of fused-ring (bicyclic) bond motifs is 1. The van der Waals surface area contributed by atoms with Crippen LogP contribution in [-0.2, 0) is 11.0 Å². The Labute approximate surface area is 168 Å². The van der Waals surface area contributed by atoms with Gasteiger partial charge >= 0.3 is 6.18 Å². The quantitative estimate of drug-likeness (QED) is 0.364. The van der Waals surface area contributed by atoms with Gasteiger partial charge in [0.1, 0.15) is 0 Å². The summed E-state index contributed by atoms with van der Waals surface area (Å²) in [5, 5.41) is 2.11.